The summed E-state index contributed by atoms with van der Waals surface area (Å²) in [6.07, 6.45) is 7.18. The van der Waals surface area contributed by atoms with E-state index in [9.17, 15) is 14.4 Å². The number of amides is 4. The van der Waals surface area contributed by atoms with Gasteiger partial charge in [0.2, 0.25) is 0 Å². The van der Waals surface area contributed by atoms with Gasteiger partial charge >= 0.3 is 12.1 Å². The minimum Gasteiger partial charge on any atom is -0.444 e. The lowest BCUT2D eigenvalue weighted by molar-refractivity contribution is 0.0316. The third-order valence-electron chi connectivity index (χ3n) is 10.5. The van der Waals surface area contributed by atoms with Crippen LogP contribution in [0.4, 0.5) is 26.9 Å². The molecule has 3 aliphatic heterocycles. The number of primary amides is 1. The van der Waals surface area contributed by atoms with Crippen LogP contribution in [0.15, 0.2) is 30.5 Å². The molecule has 4 fully saturated rings. The predicted octanol–water partition coefficient (Wildman–Crippen LogP) is 4.06. The fourth-order valence-electron chi connectivity index (χ4n) is 7.47. The quantitative estimate of drug-likeness (QED) is 0.381. The maximum Gasteiger partial charge on any atom is 0.407 e. The summed E-state index contributed by atoms with van der Waals surface area (Å²) in [5.41, 5.74) is 7.43. The molecule has 13 heteroatoms. The van der Waals surface area contributed by atoms with Crippen molar-refractivity contribution >= 4 is 35.4 Å². The molecule has 1 atom stereocenters. The van der Waals surface area contributed by atoms with E-state index in [2.05, 4.69) is 44.5 Å². The van der Waals surface area contributed by atoms with Gasteiger partial charge in [-0.15, -0.1) is 0 Å². The molecule has 0 bridgehead atoms. The maximum absolute atomic E-state index is 12.6. The molecule has 4 amide bonds. The van der Waals surface area contributed by atoms with Crippen LogP contribution in [0, 0.1) is 0 Å². The van der Waals surface area contributed by atoms with Gasteiger partial charge in [0.15, 0.2) is 11.5 Å². The average molecular weight is 662 g/mol. The van der Waals surface area contributed by atoms with Crippen LogP contribution in [0.3, 0.4) is 0 Å². The smallest absolute Gasteiger partial charge is 0.407 e. The van der Waals surface area contributed by atoms with Crippen molar-refractivity contribution in [1.29, 1.82) is 0 Å². The van der Waals surface area contributed by atoms with Crippen LogP contribution in [0.5, 0.6) is 0 Å². The van der Waals surface area contributed by atoms with E-state index in [1.54, 1.807) is 11.1 Å². The number of benzene rings is 1. The SMILES string of the molecule is CN1CCN([C@@H]2CCCN(c3cnc(C(N)=O)c(Nc4ccc(C5(C)CCN(C6CC(NC(=O)OC(C)(C)C)C6)CC5)cc4)n3)C2)C1=O. The summed E-state index contributed by atoms with van der Waals surface area (Å²) in [7, 11) is 1.84. The summed E-state index contributed by atoms with van der Waals surface area (Å²) < 4.78 is 5.41. The minimum atomic E-state index is -0.645. The zero-order chi connectivity index (χ0) is 34.2. The molecule has 1 saturated carbocycles. The number of urea groups is 1. The first-order valence-corrected chi connectivity index (χ1v) is 17.3. The summed E-state index contributed by atoms with van der Waals surface area (Å²) in [6.45, 7) is 12.9. The number of nitrogens with zero attached hydrogens (tertiary/aromatic N) is 6. The molecule has 4 N–H and O–H groups in total. The first kappa shape index (κ1) is 33.8. The summed E-state index contributed by atoms with van der Waals surface area (Å²) in [4.78, 5) is 54.7. The topological polar surface area (TPSA) is 149 Å². The van der Waals surface area contributed by atoms with Crippen LogP contribution in [0.1, 0.15) is 82.3 Å². The maximum atomic E-state index is 12.6. The lowest BCUT2D eigenvalue weighted by atomic mass is 9.73. The Morgan fingerprint density at radius 2 is 1.73 bits per heavy atom. The van der Waals surface area contributed by atoms with Crippen LogP contribution in [0.2, 0.25) is 0 Å². The van der Waals surface area contributed by atoms with Gasteiger partial charge < -0.3 is 40.7 Å². The molecule has 4 heterocycles. The lowest BCUT2D eigenvalue weighted by Crippen LogP contribution is -2.57. The molecule has 0 radical (unpaired) electrons. The van der Waals surface area contributed by atoms with Crippen molar-refractivity contribution in [3.8, 4) is 0 Å². The molecule has 0 spiro atoms. The Kier molecular flexibility index (Phi) is 9.43. The molecule has 1 aromatic heterocycles. The number of alkyl carbamates (subject to hydrolysis) is 1. The number of anilines is 3. The highest BCUT2D eigenvalue weighted by Crippen LogP contribution is 2.39. The number of likely N-dealkylation sites (N-methyl/N-ethyl adjacent to an activating group) is 1. The van der Waals surface area contributed by atoms with Gasteiger partial charge in [-0.3, -0.25) is 4.79 Å². The number of nitrogens with two attached hydrogens (primary N) is 1. The molecule has 260 valence electrons. The van der Waals surface area contributed by atoms with Gasteiger partial charge in [0.05, 0.1) is 12.2 Å². The van der Waals surface area contributed by atoms with E-state index in [1.165, 1.54) is 5.56 Å². The fourth-order valence-corrected chi connectivity index (χ4v) is 7.47. The molecular formula is C35H51N9O4. The van der Waals surface area contributed by atoms with E-state index in [-0.39, 0.29) is 35.3 Å². The van der Waals surface area contributed by atoms with Crippen LogP contribution in [0.25, 0.3) is 0 Å². The molecule has 3 saturated heterocycles. The van der Waals surface area contributed by atoms with Gasteiger partial charge in [0, 0.05) is 51.0 Å². The van der Waals surface area contributed by atoms with E-state index in [1.807, 2.05) is 44.9 Å². The number of hydrogen-bond acceptors (Lipinski definition) is 9. The van der Waals surface area contributed by atoms with Crippen molar-refractivity contribution in [2.24, 2.45) is 5.73 Å². The van der Waals surface area contributed by atoms with E-state index >= 15 is 0 Å². The Bertz CT molecular complexity index is 1500. The molecular weight excluding hydrogens is 610 g/mol. The van der Waals surface area contributed by atoms with Crippen molar-refractivity contribution in [3.63, 3.8) is 0 Å². The van der Waals surface area contributed by atoms with E-state index < -0.39 is 11.5 Å². The Balaban J connectivity index is 1.05. The summed E-state index contributed by atoms with van der Waals surface area (Å²) >= 11 is 0. The van der Waals surface area contributed by atoms with Crippen LogP contribution >= 0.6 is 0 Å². The summed E-state index contributed by atoms with van der Waals surface area (Å²) in [6, 6.07) is 9.22. The monoisotopic (exact) mass is 661 g/mol. The highest BCUT2D eigenvalue weighted by Gasteiger charge is 2.40. The fraction of sp³-hybridized carbons (Fsp3) is 0.629. The summed E-state index contributed by atoms with van der Waals surface area (Å²) in [5.74, 6) is 0.334. The number of carbonyl (C=O) groups excluding carboxylic acids is 3. The number of aromatic nitrogens is 2. The Hall–Kier alpha value is -4.13. The zero-order valence-electron chi connectivity index (χ0n) is 29.0. The number of carbonyl (C=O) groups is 3. The molecule has 48 heavy (non-hydrogen) atoms. The first-order chi connectivity index (χ1) is 22.8. The van der Waals surface area contributed by atoms with Crippen LogP contribution < -0.4 is 21.3 Å². The largest absolute Gasteiger partial charge is 0.444 e. The van der Waals surface area contributed by atoms with Gasteiger partial charge in [-0.1, -0.05) is 19.1 Å². The van der Waals surface area contributed by atoms with E-state index in [0.717, 1.165) is 76.9 Å². The van der Waals surface area contributed by atoms with Gasteiger partial charge in [0.25, 0.3) is 5.91 Å². The van der Waals surface area contributed by atoms with Crippen LogP contribution in [-0.2, 0) is 10.2 Å². The van der Waals surface area contributed by atoms with Crippen molar-refractivity contribution in [1.82, 2.24) is 30.0 Å². The standard InChI is InChI=1S/C35H51N9O4/c1-34(2,3)48-32(46)39-25-19-27(20-25)42-15-12-35(4,13-16-42)23-8-10-24(11-9-23)38-31-29(30(36)45)37-21-28(40-31)43-14-6-7-26(22-43)44-18-17-41(5)33(44)47/h8-11,21,25-27H,6-7,12-20,22H2,1-5H3,(H2,36,45)(H,38,40)(H,39,46)/t25?,26-,27?/m1/s1. The van der Waals surface area contributed by atoms with Gasteiger partial charge in [-0.05, 0) is 95.5 Å². The highest BCUT2D eigenvalue weighted by molar-refractivity contribution is 5.96. The molecule has 1 aliphatic carbocycles. The Labute approximate surface area is 283 Å². The van der Waals surface area contributed by atoms with Gasteiger partial charge in [-0.2, -0.15) is 0 Å². The predicted molar refractivity (Wildman–Crippen MR) is 185 cm³/mol. The Morgan fingerprint density at radius 3 is 2.35 bits per heavy atom. The number of piperidine rings is 2. The number of hydrogen-bond donors (Lipinski definition) is 3. The third kappa shape index (κ3) is 7.45. The molecule has 4 aliphatic rings. The zero-order valence-corrected chi connectivity index (χ0v) is 29.0. The number of ether oxygens (including phenoxy) is 1. The minimum absolute atomic E-state index is 0.0569. The molecule has 1 aromatic carbocycles. The number of nitrogens with one attached hydrogen (secondary N) is 2. The lowest BCUT2D eigenvalue weighted by Gasteiger charge is -2.48. The number of likely N-dealkylation sites (tertiary alicyclic amines) is 1. The molecule has 2 aromatic rings. The van der Waals surface area contributed by atoms with Crippen molar-refractivity contribution in [2.45, 2.75) is 95.4 Å². The summed E-state index contributed by atoms with van der Waals surface area (Å²) in [5, 5.41) is 6.31. The molecule has 13 nitrogen and oxygen atoms in total. The van der Waals surface area contributed by atoms with Crippen molar-refractivity contribution < 1.29 is 19.1 Å². The average Bonchev–Trinajstić information content (AvgIpc) is 3.36. The normalized spacial score (nSPS) is 24.6. The first-order valence-electron chi connectivity index (χ1n) is 17.3. The van der Waals surface area contributed by atoms with E-state index in [4.69, 9.17) is 15.5 Å². The van der Waals surface area contributed by atoms with Gasteiger partial charge in [-0.25, -0.2) is 19.6 Å². The van der Waals surface area contributed by atoms with Crippen LogP contribution in [-0.4, -0.2) is 113 Å². The third-order valence-corrected chi connectivity index (χ3v) is 10.5. The second-order valence-electron chi connectivity index (χ2n) is 15.2. The van der Waals surface area contributed by atoms with Gasteiger partial charge in [0.1, 0.15) is 11.4 Å². The Morgan fingerprint density at radius 1 is 1.02 bits per heavy atom. The molecule has 0 unspecified atom stereocenters. The second kappa shape index (κ2) is 13.4. The van der Waals surface area contributed by atoms with Crippen molar-refractivity contribution in [3.05, 3.63) is 41.7 Å². The second-order valence-corrected chi connectivity index (χ2v) is 15.2. The highest BCUT2D eigenvalue weighted by atomic mass is 16.6. The number of rotatable bonds is 8. The van der Waals surface area contributed by atoms with Crippen molar-refractivity contribution in [2.75, 3.05) is 56.5 Å². The van der Waals surface area contributed by atoms with E-state index in [0.29, 0.717) is 24.2 Å². The molecule has 6 rings (SSSR count).